The Balaban J connectivity index is -0.000000656. The summed E-state index contributed by atoms with van der Waals surface area (Å²) in [5, 5.41) is 3.29. The van der Waals surface area contributed by atoms with Crippen LogP contribution in [-0.4, -0.2) is 37.5 Å². The predicted molar refractivity (Wildman–Crippen MR) is 92.2 cm³/mol. The largest absolute Gasteiger partial charge is 0.344 e. The number of carbonyl (C=O) groups is 1. The van der Waals surface area contributed by atoms with E-state index in [0.29, 0.717) is 12.5 Å². The maximum atomic E-state index is 11.8. The summed E-state index contributed by atoms with van der Waals surface area (Å²) in [6, 6.07) is 0.336. The van der Waals surface area contributed by atoms with E-state index in [1.54, 1.807) is 0 Å². The second kappa shape index (κ2) is 14.8. The van der Waals surface area contributed by atoms with E-state index in [4.69, 9.17) is 0 Å². The second-order valence-corrected chi connectivity index (χ2v) is 5.59. The molecule has 20 heavy (non-hydrogen) atoms. The van der Waals surface area contributed by atoms with Gasteiger partial charge in [0.2, 0.25) is 5.91 Å². The zero-order valence-corrected chi connectivity index (χ0v) is 15.8. The van der Waals surface area contributed by atoms with E-state index in [0.717, 1.165) is 19.4 Å². The molecule has 0 aliphatic rings. The highest BCUT2D eigenvalue weighted by Gasteiger charge is 2.25. The fourth-order valence-corrected chi connectivity index (χ4v) is 1.69. The van der Waals surface area contributed by atoms with Crippen LogP contribution in [0.25, 0.3) is 0 Å². The zero-order chi connectivity index (χ0) is 16.8. The van der Waals surface area contributed by atoms with Gasteiger partial charge in [-0.3, -0.25) is 4.79 Å². The summed E-state index contributed by atoms with van der Waals surface area (Å²) < 4.78 is 0. The van der Waals surface area contributed by atoms with Gasteiger partial charge in [0.05, 0.1) is 0 Å². The van der Waals surface area contributed by atoms with Gasteiger partial charge in [0, 0.05) is 26.1 Å². The van der Waals surface area contributed by atoms with Crippen LogP contribution in [0, 0.1) is 5.41 Å². The minimum atomic E-state index is 0.175. The topological polar surface area (TPSA) is 32.3 Å². The zero-order valence-electron chi connectivity index (χ0n) is 15.8. The molecule has 0 saturated carbocycles. The van der Waals surface area contributed by atoms with Crippen LogP contribution in [0.2, 0.25) is 0 Å². The van der Waals surface area contributed by atoms with Crippen molar-refractivity contribution in [1.82, 2.24) is 10.2 Å². The lowest BCUT2D eigenvalue weighted by Gasteiger charge is -2.33. The SMILES string of the molecule is CC.CC.CCCCC(=O)N(C)CC(NC)C(C)(C)C. The average molecular weight is 289 g/mol. The number of likely N-dealkylation sites (N-methyl/N-ethyl adjacent to an activating group) is 2. The third kappa shape index (κ3) is 12.5. The number of nitrogens with zero attached hydrogens (tertiary/aromatic N) is 1. The van der Waals surface area contributed by atoms with Crippen molar-refractivity contribution in [3.63, 3.8) is 0 Å². The Morgan fingerprint density at radius 3 is 1.90 bits per heavy atom. The van der Waals surface area contributed by atoms with Crippen molar-refractivity contribution in [3.8, 4) is 0 Å². The number of hydrogen-bond acceptors (Lipinski definition) is 2. The van der Waals surface area contributed by atoms with E-state index in [9.17, 15) is 4.79 Å². The Morgan fingerprint density at radius 1 is 1.15 bits per heavy atom. The molecule has 1 N–H and O–H groups in total. The van der Waals surface area contributed by atoms with Gasteiger partial charge < -0.3 is 10.2 Å². The second-order valence-electron chi connectivity index (χ2n) is 5.59. The first-order valence-corrected chi connectivity index (χ1v) is 8.24. The minimum Gasteiger partial charge on any atom is -0.344 e. The summed E-state index contributed by atoms with van der Waals surface area (Å²) in [7, 11) is 3.86. The summed E-state index contributed by atoms with van der Waals surface area (Å²) in [5.74, 6) is 0.256. The lowest BCUT2D eigenvalue weighted by Crippen LogP contribution is -2.47. The molecule has 1 unspecified atom stereocenters. The van der Waals surface area contributed by atoms with Crippen LogP contribution in [0.5, 0.6) is 0 Å². The first-order chi connectivity index (χ1) is 9.32. The van der Waals surface area contributed by atoms with E-state index >= 15 is 0 Å². The van der Waals surface area contributed by atoms with E-state index in [1.807, 2.05) is 46.7 Å². The summed E-state index contributed by atoms with van der Waals surface area (Å²) in [6.45, 7) is 17.5. The van der Waals surface area contributed by atoms with Gasteiger partial charge in [-0.25, -0.2) is 0 Å². The molecule has 1 atom stereocenters. The van der Waals surface area contributed by atoms with Crippen molar-refractivity contribution in [2.45, 2.75) is 80.7 Å². The molecule has 0 aromatic rings. The molecule has 0 saturated heterocycles. The molecule has 3 heteroatoms. The molecule has 0 rings (SSSR count). The van der Waals surface area contributed by atoms with Gasteiger partial charge in [-0.2, -0.15) is 0 Å². The van der Waals surface area contributed by atoms with Gasteiger partial charge in [0.15, 0.2) is 0 Å². The van der Waals surface area contributed by atoms with Crippen molar-refractivity contribution in [2.75, 3.05) is 20.6 Å². The highest BCUT2D eigenvalue weighted by Crippen LogP contribution is 2.19. The van der Waals surface area contributed by atoms with E-state index in [1.165, 1.54) is 0 Å². The van der Waals surface area contributed by atoms with Crippen molar-refractivity contribution in [2.24, 2.45) is 5.41 Å². The lowest BCUT2D eigenvalue weighted by molar-refractivity contribution is -0.130. The van der Waals surface area contributed by atoms with Crippen molar-refractivity contribution < 1.29 is 4.79 Å². The monoisotopic (exact) mass is 288 g/mol. The number of rotatable bonds is 6. The number of hydrogen-bond donors (Lipinski definition) is 1. The third-order valence-electron chi connectivity index (χ3n) is 3.02. The average Bonchev–Trinajstić information content (AvgIpc) is 2.44. The first-order valence-electron chi connectivity index (χ1n) is 8.24. The lowest BCUT2D eigenvalue weighted by atomic mass is 9.86. The van der Waals surface area contributed by atoms with Crippen LogP contribution in [0.1, 0.15) is 74.7 Å². The summed E-state index contributed by atoms with van der Waals surface area (Å²) in [4.78, 5) is 13.6. The van der Waals surface area contributed by atoms with Gasteiger partial charge in [0.25, 0.3) is 0 Å². The van der Waals surface area contributed by atoms with Gasteiger partial charge in [0.1, 0.15) is 0 Å². The Morgan fingerprint density at radius 2 is 1.60 bits per heavy atom. The van der Waals surface area contributed by atoms with Crippen molar-refractivity contribution in [3.05, 3.63) is 0 Å². The van der Waals surface area contributed by atoms with Crippen LogP contribution in [0.15, 0.2) is 0 Å². The predicted octanol–water partition coefficient (Wildman–Crippen LogP) is 4.32. The maximum Gasteiger partial charge on any atom is 0.222 e. The highest BCUT2D eigenvalue weighted by atomic mass is 16.2. The summed E-state index contributed by atoms with van der Waals surface area (Å²) >= 11 is 0. The number of amides is 1. The molecule has 3 nitrogen and oxygen atoms in total. The fraction of sp³-hybridized carbons (Fsp3) is 0.941. The van der Waals surface area contributed by atoms with Crippen LogP contribution >= 0.6 is 0 Å². The molecule has 0 fully saturated rings. The number of unbranched alkanes of at least 4 members (excludes halogenated alkanes) is 1. The van der Waals surface area contributed by atoms with E-state index < -0.39 is 0 Å². The molecule has 0 bridgehead atoms. The smallest absolute Gasteiger partial charge is 0.222 e. The minimum absolute atomic E-state index is 0.175. The quantitative estimate of drug-likeness (QED) is 0.789. The molecular weight excluding hydrogens is 248 g/mol. The van der Waals surface area contributed by atoms with E-state index in [2.05, 4.69) is 33.0 Å². The summed E-state index contributed by atoms with van der Waals surface area (Å²) in [5.41, 5.74) is 0.175. The van der Waals surface area contributed by atoms with E-state index in [-0.39, 0.29) is 11.3 Å². The molecule has 0 heterocycles. The molecule has 0 radical (unpaired) electrons. The molecule has 0 aromatic carbocycles. The Labute approximate surface area is 128 Å². The van der Waals surface area contributed by atoms with Gasteiger partial charge in [-0.1, -0.05) is 61.8 Å². The standard InChI is InChI=1S/C13H28N2O.2C2H6/c1-7-8-9-12(16)15(6)10-11(14-5)13(2,3)4;2*1-2/h11,14H,7-10H2,1-6H3;2*1-2H3. The van der Waals surface area contributed by atoms with Crippen LogP contribution in [0.4, 0.5) is 0 Å². The maximum absolute atomic E-state index is 11.8. The third-order valence-corrected chi connectivity index (χ3v) is 3.02. The summed E-state index contributed by atoms with van der Waals surface area (Å²) in [6.07, 6.45) is 2.74. The van der Waals surface area contributed by atoms with Crippen LogP contribution < -0.4 is 5.32 Å². The van der Waals surface area contributed by atoms with Crippen LogP contribution in [-0.2, 0) is 4.79 Å². The number of carbonyl (C=O) groups excluding carboxylic acids is 1. The molecule has 0 aromatic heterocycles. The van der Waals surface area contributed by atoms with Crippen LogP contribution in [0.3, 0.4) is 0 Å². The molecule has 0 spiro atoms. The molecule has 124 valence electrons. The normalized spacial score (nSPS) is 11.5. The highest BCUT2D eigenvalue weighted by molar-refractivity contribution is 5.75. The first kappa shape index (κ1) is 24.4. The fourth-order valence-electron chi connectivity index (χ4n) is 1.69. The molecule has 0 aliphatic carbocycles. The Kier molecular flexibility index (Phi) is 18.1. The Hall–Kier alpha value is -0.570. The Bertz CT molecular complexity index is 210. The van der Waals surface area contributed by atoms with Crippen molar-refractivity contribution >= 4 is 5.91 Å². The van der Waals surface area contributed by atoms with Crippen molar-refractivity contribution in [1.29, 1.82) is 0 Å². The van der Waals surface area contributed by atoms with Gasteiger partial charge in [-0.05, 0) is 18.9 Å². The number of nitrogens with one attached hydrogen (secondary N) is 1. The van der Waals surface area contributed by atoms with Gasteiger partial charge in [-0.15, -0.1) is 0 Å². The molecular formula is C17H40N2O. The van der Waals surface area contributed by atoms with Gasteiger partial charge >= 0.3 is 0 Å². The molecule has 1 amide bonds. The molecule has 0 aliphatic heterocycles.